The fourth-order valence-electron chi connectivity index (χ4n) is 1.72. The van der Waals surface area contributed by atoms with Gasteiger partial charge in [0, 0.05) is 5.92 Å². The summed E-state index contributed by atoms with van der Waals surface area (Å²) in [7, 11) is 0. The highest BCUT2D eigenvalue weighted by atomic mass is 32.2. The first kappa shape index (κ1) is 20.2. The Bertz CT molecular complexity index is 793. The van der Waals surface area contributed by atoms with E-state index < -0.39 is 17.6 Å². The zero-order valence-corrected chi connectivity index (χ0v) is 15.4. The van der Waals surface area contributed by atoms with Crippen LogP contribution in [0.1, 0.15) is 19.4 Å². The van der Waals surface area contributed by atoms with Gasteiger partial charge in [-0.2, -0.15) is 13.2 Å². The number of anilines is 2. The molecule has 0 spiro atoms. The normalized spacial score (nSPS) is 11.5. The third-order valence-electron chi connectivity index (χ3n) is 2.99. The first-order valence-electron chi connectivity index (χ1n) is 7.40. The van der Waals surface area contributed by atoms with Crippen LogP contribution < -0.4 is 10.6 Å². The summed E-state index contributed by atoms with van der Waals surface area (Å²) in [5, 5.41) is 12.7. The third kappa shape index (κ3) is 5.70. The molecule has 140 valence electrons. The molecule has 0 aliphatic carbocycles. The maximum absolute atomic E-state index is 12.9. The summed E-state index contributed by atoms with van der Waals surface area (Å²) in [6.45, 7) is 3.46. The average Bonchev–Trinajstić information content (AvgIpc) is 3.00. The first-order valence-corrected chi connectivity index (χ1v) is 9.20. The van der Waals surface area contributed by atoms with E-state index in [4.69, 9.17) is 0 Å². The molecule has 0 atom stereocenters. The largest absolute Gasteiger partial charge is 0.418 e. The van der Waals surface area contributed by atoms with Crippen molar-refractivity contribution in [3.05, 3.63) is 29.8 Å². The number of para-hydroxylation sites is 1. The number of hydrogen-bond donors (Lipinski definition) is 2. The third-order valence-corrected chi connectivity index (χ3v) is 4.97. The molecule has 6 nitrogen and oxygen atoms in total. The van der Waals surface area contributed by atoms with Gasteiger partial charge in [0.05, 0.1) is 17.0 Å². The Balaban J connectivity index is 1.92. The number of aromatic nitrogens is 2. The summed E-state index contributed by atoms with van der Waals surface area (Å²) >= 11 is 2.10. The summed E-state index contributed by atoms with van der Waals surface area (Å²) in [4.78, 5) is 23.5. The molecule has 2 rings (SSSR count). The fourth-order valence-corrected chi connectivity index (χ4v) is 3.28. The molecule has 26 heavy (non-hydrogen) atoms. The highest BCUT2D eigenvalue weighted by molar-refractivity contribution is 8.01. The van der Waals surface area contributed by atoms with E-state index in [9.17, 15) is 22.8 Å². The molecule has 0 unspecified atom stereocenters. The van der Waals surface area contributed by atoms with E-state index in [0.717, 1.165) is 29.2 Å². The van der Waals surface area contributed by atoms with E-state index in [1.807, 2.05) is 0 Å². The molecule has 2 aromatic rings. The summed E-state index contributed by atoms with van der Waals surface area (Å²) in [5.74, 6) is -1.16. The van der Waals surface area contributed by atoms with Gasteiger partial charge in [-0.05, 0) is 12.1 Å². The van der Waals surface area contributed by atoms with Crippen LogP contribution >= 0.6 is 23.1 Å². The SMILES string of the molecule is CC(C)C(=O)Nc1nnc(SCC(=O)Nc2ccccc2C(F)(F)F)s1. The summed E-state index contributed by atoms with van der Waals surface area (Å²) in [6.07, 6.45) is -4.56. The minimum Gasteiger partial charge on any atom is -0.325 e. The number of rotatable bonds is 6. The van der Waals surface area contributed by atoms with Gasteiger partial charge >= 0.3 is 6.18 Å². The number of amides is 2. The lowest BCUT2D eigenvalue weighted by Crippen LogP contribution is -2.18. The number of nitrogens with zero attached hydrogens (tertiary/aromatic N) is 2. The molecular formula is C15H15F3N4O2S2. The minimum atomic E-state index is -4.56. The van der Waals surface area contributed by atoms with Crippen LogP contribution in [0.25, 0.3) is 0 Å². The van der Waals surface area contributed by atoms with Crippen molar-refractivity contribution in [3.63, 3.8) is 0 Å². The van der Waals surface area contributed by atoms with Crippen LogP contribution in [0.15, 0.2) is 28.6 Å². The monoisotopic (exact) mass is 404 g/mol. The summed E-state index contributed by atoms with van der Waals surface area (Å²) < 4.78 is 39.1. The zero-order valence-electron chi connectivity index (χ0n) is 13.8. The lowest BCUT2D eigenvalue weighted by atomic mass is 10.1. The van der Waals surface area contributed by atoms with Gasteiger partial charge in [-0.3, -0.25) is 9.59 Å². The van der Waals surface area contributed by atoms with E-state index >= 15 is 0 Å². The van der Waals surface area contributed by atoms with Gasteiger partial charge in [-0.1, -0.05) is 49.1 Å². The number of halogens is 3. The number of thioether (sulfide) groups is 1. The van der Waals surface area contributed by atoms with Gasteiger partial charge in [0.2, 0.25) is 16.9 Å². The van der Waals surface area contributed by atoms with Crippen LogP contribution in [0.4, 0.5) is 24.0 Å². The van der Waals surface area contributed by atoms with Crippen LogP contribution in [0.2, 0.25) is 0 Å². The second kappa shape index (κ2) is 8.49. The Morgan fingerprint density at radius 1 is 1.19 bits per heavy atom. The molecule has 0 saturated heterocycles. The molecule has 1 aromatic heterocycles. The van der Waals surface area contributed by atoms with Gasteiger partial charge in [0.15, 0.2) is 4.34 Å². The van der Waals surface area contributed by atoms with Gasteiger partial charge in [0.1, 0.15) is 0 Å². The maximum Gasteiger partial charge on any atom is 0.418 e. The molecular weight excluding hydrogens is 389 g/mol. The second-order valence-electron chi connectivity index (χ2n) is 5.40. The Morgan fingerprint density at radius 3 is 2.54 bits per heavy atom. The highest BCUT2D eigenvalue weighted by Gasteiger charge is 2.33. The molecule has 1 aromatic carbocycles. The Morgan fingerprint density at radius 2 is 1.88 bits per heavy atom. The molecule has 0 bridgehead atoms. The fraction of sp³-hybridized carbons (Fsp3) is 0.333. The molecule has 1 heterocycles. The molecule has 0 fully saturated rings. The zero-order chi connectivity index (χ0) is 19.3. The summed E-state index contributed by atoms with van der Waals surface area (Å²) in [5.41, 5.74) is -1.21. The maximum atomic E-state index is 12.9. The minimum absolute atomic E-state index is 0.140. The summed E-state index contributed by atoms with van der Waals surface area (Å²) in [6, 6.07) is 4.75. The number of hydrogen-bond acceptors (Lipinski definition) is 6. The van der Waals surface area contributed by atoms with Crippen LogP contribution in [0.3, 0.4) is 0 Å². The molecule has 2 amide bonds. The van der Waals surface area contributed by atoms with E-state index in [1.165, 1.54) is 18.2 Å². The van der Waals surface area contributed by atoms with Gasteiger partial charge < -0.3 is 10.6 Å². The molecule has 0 saturated carbocycles. The number of carbonyl (C=O) groups is 2. The molecule has 0 aliphatic heterocycles. The molecule has 0 radical (unpaired) electrons. The van der Waals surface area contributed by atoms with Crippen molar-refractivity contribution in [1.82, 2.24) is 10.2 Å². The Hall–Kier alpha value is -2.14. The van der Waals surface area contributed by atoms with Gasteiger partial charge in [-0.15, -0.1) is 10.2 Å². The van der Waals surface area contributed by atoms with Gasteiger partial charge in [0.25, 0.3) is 0 Å². The number of alkyl halides is 3. The first-order chi connectivity index (χ1) is 12.2. The van der Waals surface area contributed by atoms with Crippen molar-refractivity contribution in [3.8, 4) is 0 Å². The van der Waals surface area contributed by atoms with Crippen molar-refractivity contribution in [2.75, 3.05) is 16.4 Å². The smallest absolute Gasteiger partial charge is 0.325 e. The Kier molecular flexibility index (Phi) is 6.59. The predicted octanol–water partition coefficient (Wildman–Crippen LogP) is 3.88. The number of nitrogens with one attached hydrogen (secondary N) is 2. The van der Waals surface area contributed by atoms with E-state index in [-0.39, 0.29) is 23.3 Å². The predicted molar refractivity (Wildman–Crippen MR) is 94.2 cm³/mol. The second-order valence-corrected chi connectivity index (χ2v) is 7.60. The van der Waals surface area contributed by atoms with Crippen molar-refractivity contribution in [1.29, 1.82) is 0 Å². The molecule has 0 aliphatic rings. The topological polar surface area (TPSA) is 84.0 Å². The quantitative estimate of drug-likeness (QED) is 0.564. The van der Waals surface area contributed by atoms with E-state index in [2.05, 4.69) is 20.8 Å². The van der Waals surface area contributed by atoms with Gasteiger partial charge in [-0.25, -0.2) is 0 Å². The average molecular weight is 404 g/mol. The Labute approximate surface area is 155 Å². The standard InChI is InChI=1S/C15H15F3N4O2S2/c1-8(2)12(24)20-13-21-22-14(26-13)25-7-11(23)19-10-6-4-3-5-9(10)15(16,17)18/h3-6,8H,7H2,1-2H3,(H,19,23)(H,20,21,24). The van der Waals surface area contributed by atoms with Crippen molar-refractivity contribution < 1.29 is 22.8 Å². The van der Waals surface area contributed by atoms with Crippen LogP contribution in [-0.2, 0) is 15.8 Å². The van der Waals surface area contributed by atoms with E-state index in [0.29, 0.717) is 9.47 Å². The van der Waals surface area contributed by atoms with Crippen molar-refractivity contribution in [2.24, 2.45) is 5.92 Å². The van der Waals surface area contributed by atoms with Crippen LogP contribution in [0, 0.1) is 5.92 Å². The molecule has 11 heteroatoms. The van der Waals surface area contributed by atoms with Crippen molar-refractivity contribution in [2.45, 2.75) is 24.4 Å². The van der Waals surface area contributed by atoms with Crippen molar-refractivity contribution >= 4 is 45.7 Å². The number of carbonyl (C=O) groups excluding carboxylic acids is 2. The van der Waals surface area contributed by atoms with Crippen LogP contribution in [-0.4, -0.2) is 27.8 Å². The molecule has 2 N–H and O–H groups in total. The highest BCUT2D eigenvalue weighted by Crippen LogP contribution is 2.34. The number of benzene rings is 1. The van der Waals surface area contributed by atoms with Crippen LogP contribution in [0.5, 0.6) is 0 Å². The lowest BCUT2D eigenvalue weighted by Gasteiger charge is -2.13. The lowest BCUT2D eigenvalue weighted by molar-refractivity contribution is -0.137. The van der Waals surface area contributed by atoms with E-state index in [1.54, 1.807) is 13.8 Å².